The summed E-state index contributed by atoms with van der Waals surface area (Å²) >= 11 is 0. The predicted molar refractivity (Wildman–Crippen MR) is 156 cm³/mol. The molecule has 1 heterocycles. The first-order valence-electron chi connectivity index (χ1n) is 14.2. The molecule has 4 rings (SSSR count). The number of nitrogens with one attached hydrogen (secondary N) is 1. The van der Waals surface area contributed by atoms with E-state index in [-0.39, 0.29) is 12.0 Å². The number of allylic oxidation sites excluding steroid dienone is 2. The maximum Gasteiger partial charge on any atom is 0.194 e. The molecule has 0 spiro atoms. The maximum atomic E-state index is 9.82. The van der Waals surface area contributed by atoms with Gasteiger partial charge in [-0.3, -0.25) is 0 Å². The number of aliphatic hydroxyl groups is 1. The molecule has 1 fully saturated rings. The van der Waals surface area contributed by atoms with Crippen LogP contribution in [0.15, 0.2) is 66.8 Å². The zero-order chi connectivity index (χ0) is 26.8. The molecule has 2 unspecified atom stereocenters. The molecule has 0 saturated carbocycles. The largest absolute Gasteiger partial charge is 0.399 e. The normalized spacial score (nSPS) is 23.6. The van der Waals surface area contributed by atoms with Crippen LogP contribution in [0.3, 0.4) is 0 Å². The van der Waals surface area contributed by atoms with Gasteiger partial charge < -0.3 is 30.5 Å². The van der Waals surface area contributed by atoms with Crippen LogP contribution in [0.25, 0.3) is 5.57 Å². The van der Waals surface area contributed by atoms with Gasteiger partial charge in [-0.05, 0) is 86.2 Å². The number of aryl methyl sites for hydroxylation is 1. The third-order valence-corrected chi connectivity index (χ3v) is 7.72. The molecule has 0 radical (unpaired) electrons. The molecule has 1 aliphatic heterocycles. The molecule has 3 atom stereocenters. The highest BCUT2D eigenvalue weighted by molar-refractivity contribution is 5.73. The Kier molecular flexibility index (Phi) is 10.6. The van der Waals surface area contributed by atoms with E-state index in [1.54, 1.807) is 0 Å². The van der Waals surface area contributed by atoms with Gasteiger partial charge in [0.05, 0.1) is 19.3 Å². The number of β-amino-alcohol motifs (C(OH)–C–C–N with tert-alkyl or cyclic N) is 1. The van der Waals surface area contributed by atoms with Crippen molar-refractivity contribution in [2.24, 2.45) is 5.92 Å². The van der Waals surface area contributed by atoms with Gasteiger partial charge in [-0.15, -0.1) is 0 Å². The first-order chi connectivity index (χ1) is 18.5. The number of nitrogens with zero attached hydrogens (tertiary/aromatic N) is 1. The molecule has 2 aliphatic rings. The van der Waals surface area contributed by atoms with Crippen molar-refractivity contribution in [3.05, 3.63) is 83.4 Å². The minimum absolute atomic E-state index is 0.0562. The molecule has 0 bridgehead atoms. The molecule has 38 heavy (non-hydrogen) atoms. The number of benzene rings is 2. The Morgan fingerprint density at radius 1 is 1.05 bits per heavy atom. The fraction of sp³-hybridized carbons (Fsp3) is 0.500. The Balaban J connectivity index is 1.30. The Labute approximate surface area is 228 Å². The van der Waals surface area contributed by atoms with Gasteiger partial charge in [-0.1, -0.05) is 55.5 Å². The topological polar surface area (TPSA) is 80.0 Å². The minimum Gasteiger partial charge on any atom is -0.399 e. The standard InChI is InChI=1S/C32H45N3O3/c1-25-8-3-4-9-30(25)31-10-5-17-32(26(31)2,38-23-7-20-35-21-16-29(36)24-35)37-22-6-18-34-19-15-27-11-13-28(33)14-12-27/h3-5,8-14,17,26,29,34,36H,6-7,15-16,18-24,33H2,1-2H3/t26?,29-,32?/m1/s1. The second-order valence-electron chi connectivity index (χ2n) is 10.6. The van der Waals surface area contributed by atoms with Crippen molar-refractivity contribution in [3.8, 4) is 0 Å². The highest BCUT2D eigenvalue weighted by atomic mass is 16.7. The molecule has 0 amide bonds. The summed E-state index contributed by atoms with van der Waals surface area (Å²) in [6.07, 6.45) is 9.85. The monoisotopic (exact) mass is 519 g/mol. The number of hydrogen-bond donors (Lipinski definition) is 3. The van der Waals surface area contributed by atoms with Gasteiger partial charge in [0, 0.05) is 31.2 Å². The molecular weight excluding hydrogens is 474 g/mol. The average molecular weight is 520 g/mol. The molecule has 2 aromatic rings. The first kappa shape index (κ1) is 28.5. The van der Waals surface area contributed by atoms with Gasteiger partial charge >= 0.3 is 0 Å². The summed E-state index contributed by atoms with van der Waals surface area (Å²) in [6.45, 7) is 10.1. The SMILES string of the molecule is Cc1ccccc1C1=CC=CC(OCCCNCCc2ccc(N)cc2)(OCCCN2CC[C@@H](O)C2)C1C. The summed E-state index contributed by atoms with van der Waals surface area (Å²) < 4.78 is 13.2. The van der Waals surface area contributed by atoms with E-state index in [0.29, 0.717) is 13.2 Å². The summed E-state index contributed by atoms with van der Waals surface area (Å²) in [5.74, 6) is -0.735. The number of anilines is 1. The lowest BCUT2D eigenvalue weighted by Gasteiger charge is -2.40. The molecular formula is C32H45N3O3. The fourth-order valence-electron chi connectivity index (χ4n) is 5.41. The van der Waals surface area contributed by atoms with Gasteiger partial charge in [-0.2, -0.15) is 0 Å². The van der Waals surface area contributed by atoms with E-state index < -0.39 is 5.79 Å². The number of ether oxygens (including phenoxy) is 2. The second kappa shape index (κ2) is 14.1. The van der Waals surface area contributed by atoms with Crippen molar-refractivity contribution in [3.63, 3.8) is 0 Å². The van der Waals surface area contributed by atoms with E-state index in [1.165, 1.54) is 22.3 Å². The Hall–Kier alpha value is -2.48. The Morgan fingerprint density at radius 2 is 1.82 bits per heavy atom. The molecule has 6 heteroatoms. The Morgan fingerprint density at radius 3 is 2.55 bits per heavy atom. The minimum atomic E-state index is -0.791. The summed E-state index contributed by atoms with van der Waals surface area (Å²) in [7, 11) is 0. The van der Waals surface area contributed by atoms with Crippen molar-refractivity contribution in [2.45, 2.75) is 51.4 Å². The van der Waals surface area contributed by atoms with Crippen LogP contribution >= 0.6 is 0 Å². The number of likely N-dealkylation sites (tertiary alicyclic amines) is 1. The zero-order valence-corrected chi connectivity index (χ0v) is 23.1. The van der Waals surface area contributed by atoms with Crippen molar-refractivity contribution >= 4 is 11.3 Å². The van der Waals surface area contributed by atoms with Crippen LogP contribution in [0.4, 0.5) is 5.69 Å². The van der Waals surface area contributed by atoms with E-state index in [4.69, 9.17) is 15.2 Å². The molecule has 2 aromatic carbocycles. The van der Waals surface area contributed by atoms with Gasteiger partial charge in [0.2, 0.25) is 0 Å². The van der Waals surface area contributed by atoms with Crippen LogP contribution in [0, 0.1) is 12.8 Å². The molecule has 206 valence electrons. The fourth-order valence-corrected chi connectivity index (χ4v) is 5.41. The van der Waals surface area contributed by atoms with Gasteiger partial charge in [0.15, 0.2) is 5.79 Å². The third-order valence-electron chi connectivity index (χ3n) is 7.72. The number of nitrogen functional groups attached to an aromatic ring is 1. The molecule has 1 aliphatic carbocycles. The van der Waals surface area contributed by atoms with E-state index in [9.17, 15) is 5.11 Å². The van der Waals surface area contributed by atoms with Crippen LogP contribution in [0.2, 0.25) is 0 Å². The smallest absolute Gasteiger partial charge is 0.194 e. The van der Waals surface area contributed by atoms with E-state index in [0.717, 1.165) is 64.1 Å². The summed E-state index contributed by atoms with van der Waals surface area (Å²) in [6, 6.07) is 16.6. The maximum absolute atomic E-state index is 9.82. The van der Waals surface area contributed by atoms with Crippen LogP contribution in [-0.4, -0.2) is 67.8 Å². The summed E-state index contributed by atoms with van der Waals surface area (Å²) in [4.78, 5) is 2.32. The molecule has 0 aromatic heterocycles. The van der Waals surface area contributed by atoms with Crippen LogP contribution in [-0.2, 0) is 15.9 Å². The van der Waals surface area contributed by atoms with Crippen molar-refractivity contribution in [2.75, 3.05) is 51.7 Å². The Bertz CT molecular complexity index is 1070. The first-order valence-corrected chi connectivity index (χ1v) is 14.2. The average Bonchev–Trinajstić information content (AvgIpc) is 3.34. The van der Waals surface area contributed by atoms with Gasteiger partial charge in [0.25, 0.3) is 0 Å². The lowest BCUT2D eigenvalue weighted by atomic mass is 9.82. The quantitative estimate of drug-likeness (QED) is 0.193. The molecule has 4 N–H and O–H groups in total. The second-order valence-corrected chi connectivity index (χ2v) is 10.6. The molecule has 6 nitrogen and oxygen atoms in total. The van der Waals surface area contributed by atoms with Crippen LogP contribution in [0.5, 0.6) is 0 Å². The predicted octanol–water partition coefficient (Wildman–Crippen LogP) is 4.58. The number of nitrogens with two attached hydrogens (primary N) is 1. The van der Waals surface area contributed by atoms with E-state index in [1.807, 2.05) is 12.1 Å². The lowest BCUT2D eigenvalue weighted by molar-refractivity contribution is -0.223. The van der Waals surface area contributed by atoms with E-state index >= 15 is 0 Å². The number of rotatable bonds is 14. The highest BCUT2D eigenvalue weighted by Gasteiger charge is 2.40. The lowest BCUT2D eigenvalue weighted by Crippen LogP contribution is -2.43. The summed E-state index contributed by atoms with van der Waals surface area (Å²) in [5, 5.41) is 13.4. The van der Waals surface area contributed by atoms with Crippen LogP contribution in [0.1, 0.15) is 42.9 Å². The number of aliphatic hydroxyl groups excluding tert-OH is 1. The number of hydrogen-bond acceptors (Lipinski definition) is 6. The zero-order valence-electron chi connectivity index (χ0n) is 23.1. The van der Waals surface area contributed by atoms with Crippen molar-refractivity contribution < 1.29 is 14.6 Å². The van der Waals surface area contributed by atoms with Gasteiger partial charge in [-0.25, -0.2) is 0 Å². The molecule has 1 saturated heterocycles. The van der Waals surface area contributed by atoms with Crippen molar-refractivity contribution in [1.82, 2.24) is 10.2 Å². The van der Waals surface area contributed by atoms with Crippen molar-refractivity contribution in [1.29, 1.82) is 0 Å². The van der Waals surface area contributed by atoms with E-state index in [2.05, 4.69) is 78.7 Å². The van der Waals surface area contributed by atoms with Crippen LogP contribution < -0.4 is 11.1 Å². The summed E-state index contributed by atoms with van der Waals surface area (Å²) in [5.41, 5.74) is 11.6. The highest BCUT2D eigenvalue weighted by Crippen LogP contribution is 2.40. The van der Waals surface area contributed by atoms with Gasteiger partial charge in [0.1, 0.15) is 0 Å². The third kappa shape index (κ3) is 7.78.